The molecule has 0 atom stereocenters. The Labute approximate surface area is 142 Å². The van der Waals surface area contributed by atoms with Gasteiger partial charge in [0.15, 0.2) is 0 Å². The Kier molecular flexibility index (Phi) is 6.46. The van der Waals surface area contributed by atoms with E-state index in [2.05, 4.69) is 5.32 Å². The highest BCUT2D eigenvalue weighted by Gasteiger charge is 2.51. The van der Waals surface area contributed by atoms with E-state index >= 15 is 0 Å². The van der Waals surface area contributed by atoms with Crippen LogP contribution in [0.4, 0.5) is 0 Å². The Bertz CT molecular complexity index is 555. The van der Waals surface area contributed by atoms with Crippen LogP contribution >= 0.6 is 11.6 Å². The van der Waals surface area contributed by atoms with E-state index < -0.39 is 5.97 Å². The molecule has 0 spiro atoms. The number of carboxylic acids is 1. The summed E-state index contributed by atoms with van der Waals surface area (Å²) in [6.45, 7) is 0.681. The smallest absolute Gasteiger partial charge is 0.303 e. The van der Waals surface area contributed by atoms with Gasteiger partial charge in [-0.05, 0) is 43.4 Å². The fourth-order valence-electron chi connectivity index (χ4n) is 2.86. The monoisotopic (exact) mass is 337 g/mol. The van der Waals surface area contributed by atoms with E-state index in [1.165, 1.54) is 0 Å². The van der Waals surface area contributed by atoms with Gasteiger partial charge in [-0.2, -0.15) is 0 Å². The Balaban J connectivity index is 1.65. The van der Waals surface area contributed by atoms with Crippen molar-refractivity contribution in [3.05, 3.63) is 34.9 Å². The number of hydrogen-bond donors (Lipinski definition) is 2. The first-order valence-corrected chi connectivity index (χ1v) is 8.68. The number of hydrogen-bond acceptors (Lipinski definition) is 2. The molecule has 1 aliphatic carbocycles. The average molecular weight is 338 g/mol. The van der Waals surface area contributed by atoms with Crippen LogP contribution in [-0.4, -0.2) is 23.5 Å². The molecule has 0 radical (unpaired) electrons. The number of halogens is 1. The third-order valence-corrected chi connectivity index (χ3v) is 4.65. The molecule has 1 aromatic rings. The maximum atomic E-state index is 12.4. The summed E-state index contributed by atoms with van der Waals surface area (Å²) < 4.78 is 0. The van der Waals surface area contributed by atoms with Crippen molar-refractivity contribution in [2.75, 3.05) is 6.54 Å². The van der Waals surface area contributed by atoms with Gasteiger partial charge in [-0.15, -0.1) is 0 Å². The minimum atomic E-state index is -0.729. The molecule has 1 aliphatic rings. The SMILES string of the molecule is O=C(O)CCCCCCCNC(=O)C1(c2cccc(Cl)c2)CC1. The lowest BCUT2D eigenvalue weighted by molar-refractivity contribution is -0.137. The van der Waals surface area contributed by atoms with E-state index in [0.717, 1.165) is 50.5 Å². The van der Waals surface area contributed by atoms with Crippen molar-refractivity contribution >= 4 is 23.5 Å². The number of carbonyl (C=O) groups excluding carboxylic acids is 1. The molecule has 2 N–H and O–H groups in total. The summed E-state index contributed by atoms with van der Waals surface area (Å²) >= 11 is 6.02. The molecule has 0 bridgehead atoms. The topological polar surface area (TPSA) is 66.4 Å². The maximum Gasteiger partial charge on any atom is 0.303 e. The van der Waals surface area contributed by atoms with E-state index in [1.54, 1.807) is 0 Å². The number of carbonyl (C=O) groups is 2. The molecule has 0 aliphatic heterocycles. The summed E-state index contributed by atoms with van der Waals surface area (Å²) in [5.41, 5.74) is 0.642. The summed E-state index contributed by atoms with van der Waals surface area (Å²) in [6.07, 6.45) is 6.66. The molecule has 5 heteroatoms. The van der Waals surface area contributed by atoms with E-state index in [1.807, 2.05) is 24.3 Å². The van der Waals surface area contributed by atoms with Gasteiger partial charge in [0.25, 0.3) is 0 Å². The second kappa shape index (κ2) is 8.34. The molecule has 1 amide bonds. The number of nitrogens with one attached hydrogen (secondary N) is 1. The number of unbranched alkanes of at least 4 members (excludes halogenated alkanes) is 4. The van der Waals surface area contributed by atoms with Gasteiger partial charge in [0, 0.05) is 18.0 Å². The Morgan fingerprint density at radius 1 is 1.13 bits per heavy atom. The van der Waals surface area contributed by atoms with Gasteiger partial charge in [0.1, 0.15) is 0 Å². The molecule has 0 aromatic heterocycles. The third-order valence-electron chi connectivity index (χ3n) is 4.41. The molecule has 1 aromatic carbocycles. The first-order chi connectivity index (χ1) is 11.0. The van der Waals surface area contributed by atoms with Gasteiger partial charge >= 0.3 is 5.97 Å². The molecule has 1 fully saturated rings. The number of benzene rings is 1. The van der Waals surface area contributed by atoms with Crippen molar-refractivity contribution in [3.63, 3.8) is 0 Å². The highest BCUT2D eigenvalue weighted by molar-refractivity contribution is 6.30. The molecular weight excluding hydrogens is 314 g/mol. The number of carboxylic acid groups (broad SMARTS) is 1. The molecule has 2 rings (SSSR count). The van der Waals surface area contributed by atoms with Crippen LogP contribution in [0.25, 0.3) is 0 Å². The Morgan fingerprint density at radius 3 is 2.48 bits per heavy atom. The fraction of sp³-hybridized carbons (Fsp3) is 0.556. The quantitative estimate of drug-likeness (QED) is 0.636. The van der Waals surface area contributed by atoms with Crippen molar-refractivity contribution in [2.45, 2.75) is 56.8 Å². The van der Waals surface area contributed by atoms with E-state index in [9.17, 15) is 9.59 Å². The van der Waals surface area contributed by atoms with Gasteiger partial charge in [-0.25, -0.2) is 0 Å². The van der Waals surface area contributed by atoms with Crippen molar-refractivity contribution in [1.29, 1.82) is 0 Å². The number of aliphatic carboxylic acids is 1. The second-order valence-electron chi connectivity index (χ2n) is 6.26. The highest BCUT2D eigenvalue weighted by Crippen LogP contribution is 2.48. The second-order valence-corrected chi connectivity index (χ2v) is 6.70. The zero-order chi connectivity index (χ0) is 16.7. The van der Waals surface area contributed by atoms with Gasteiger partial charge in [0.2, 0.25) is 5.91 Å². The Morgan fingerprint density at radius 2 is 1.83 bits per heavy atom. The lowest BCUT2D eigenvalue weighted by atomic mass is 9.95. The molecule has 1 saturated carbocycles. The standard InChI is InChI=1S/C18H24ClNO3/c19-15-8-6-7-14(13-15)18(10-11-18)17(23)20-12-5-3-1-2-4-9-16(21)22/h6-8,13H,1-5,9-12H2,(H,20,23)(H,21,22). The zero-order valence-electron chi connectivity index (χ0n) is 13.3. The minimum absolute atomic E-state index is 0.102. The molecule has 0 unspecified atom stereocenters. The van der Waals surface area contributed by atoms with E-state index in [4.69, 9.17) is 16.7 Å². The van der Waals surface area contributed by atoms with Crippen LogP contribution in [0.1, 0.15) is 56.9 Å². The highest BCUT2D eigenvalue weighted by atomic mass is 35.5. The first-order valence-electron chi connectivity index (χ1n) is 8.31. The van der Waals surface area contributed by atoms with Crippen molar-refractivity contribution in [2.24, 2.45) is 0 Å². The summed E-state index contributed by atoms with van der Waals surface area (Å²) in [7, 11) is 0. The summed E-state index contributed by atoms with van der Waals surface area (Å²) in [6, 6.07) is 7.57. The molecule has 126 valence electrons. The van der Waals surface area contributed by atoms with Crippen molar-refractivity contribution < 1.29 is 14.7 Å². The number of amides is 1. The third kappa shape index (κ3) is 5.24. The Hall–Kier alpha value is -1.55. The van der Waals surface area contributed by atoms with Crippen LogP contribution in [0.3, 0.4) is 0 Å². The predicted molar refractivity (Wildman–Crippen MR) is 90.7 cm³/mol. The summed E-state index contributed by atoms with van der Waals surface area (Å²) in [5.74, 6) is -0.626. The predicted octanol–water partition coefficient (Wildman–Crippen LogP) is 3.91. The van der Waals surface area contributed by atoms with Gasteiger partial charge in [-0.3, -0.25) is 9.59 Å². The normalized spacial score (nSPS) is 15.2. The van der Waals surface area contributed by atoms with Gasteiger partial charge < -0.3 is 10.4 Å². The minimum Gasteiger partial charge on any atom is -0.481 e. The van der Waals surface area contributed by atoms with E-state index in [-0.39, 0.29) is 17.7 Å². The lowest BCUT2D eigenvalue weighted by Crippen LogP contribution is -2.35. The largest absolute Gasteiger partial charge is 0.481 e. The fourth-order valence-corrected chi connectivity index (χ4v) is 3.05. The summed E-state index contributed by atoms with van der Waals surface area (Å²) in [5, 5.41) is 12.3. The zero-order valence-corrected chi connectivity index (χ0v) is 14.1. The summed E-state index contributed by atoms with van der Waals surface area (Å²) in [4.78, 5) is 22.8. The van der Waals surface area contributed by atoms with Gasteiger partial charge in [-0.1, -0.05) is 43.0 Å². The molecule has 4 nitrogen and oxygen atoms in total. The van der Waals surface area contributed by atoms with Crippen LogP contribution in [0, 0.1) is 0 Å². The van der Waals surface area contributed by atoms with Crippen LogP contribution in [0.2, 0.25) is 5.02 Å². The van der Waals surface area contributed by atoms with Gasteiger partial charge in [0.05, 0.1) is 5.41 Å². The number of rotatable bonds is 10. The molecule has 0 heterocycles. The molecule has 0 saturated heterocycles. The molecule has 23 heavy (non-hydrogen) atoms. The van der Waals surface area contributed by atoms with Crippen LogP contribution in [-0.2, 0) is 15.0 Å². The van der Waals surface area contributed by atoms with Crippen LogP contribution in [0.15, 0.2) is 24.3 Å². The van der Waals surface area contributed by atoms with E-state index in [0.29, 0.717) is 11.6 Å². The van der Waals surface area contributed by atoms with Crippen LogP contribution < -0.4 is 5.32 Å². The maximum absolute atomic E-state index is 12.4. The molecular formula is C18H24ClNO3. The average Bonchev–Trinajstić information content (AvgIpc) is 3.31. The van der Waals surface area contributed by atoms with Crippen molar-refractivity contribution in [1.82, 2.24) is 5.32 Å². The van der Waals surface area contributed by atoms with Crippen molar-refractivity contribution in [3.8, 4) is 0 Å². The lowest BCUT2D eigenvalue weighted by Gasteiger charge is -2.16. The first kappa shape index (κ1) is 17.8. The van der Waals surface area contributed by atoms with Crippen LogP contribution in [0.5, 0.6) is 0 Å².